The molecule has 0 fully saturated rings. The number of amides is 1. The summed E-state index contributed by atoms with van der Waals surface area (Å²) < 4.78 is 33.5. The summed E-state index contributed by atoms with van der Waals surface area (Å²) in [5.41, 5.74) is 1.14. The molecule has 0 atom stereocenters. The van der Waals surface area contributed by atoms with Crippen molar-refractivity contribution in [3.8, 4) is 5.75 Å². The van der Waals surface area contributed by atoms with E-state index in [4.69, 9.17) is 4.74 Å². The third kappa shape index (κ3) is 4.39. The number of para-hydroxylation sites is 2. The third-order valence-electron chi connectivity index (χ3n) is 3.59. The molecule has 3 rings (SSSR count). The van der Waals surface area contributed by atoms with E-state index in [1.165, 1.54) is 37.6 Å². The highest BCUT2D eigenvalue weighted by molar-refractivity contribution is 14.1. The van der Waals surface area contributed by atoms with Gasteiger partial charge >= 0.3 is 0 Å². The normalized spacial score (nSPS) is 11.0. The average Bonchev–Trinajstić information content (AvgIpc) is 3.08. The highest BCUT2D eigenvalue weighted by Crippen LogP contribution is 2.26. The first-order valence-electron chi connectivity index (χ1n) is 7.67. The number of carbonyl (C=O) groups excluding carboxylic acids is 1. The number of aromatic amines is 1. The maximum absolute atomic E-state index is 12.6. The topological polar surface area (TPSA) is 113 Å². The molecular formula is C17H15IN4O4S. The predicted octanol–water partition coefficient (Wildman–Crippen LogP) is 3.08. The van der Waals surface area contributed by atoms with Crippen molar-refractivity contribution >= 4 is 49.9 Å². The number of carbonyl (C=O) groups is 1. The number of rotatable bonds is 6. The molecule has 0 unspecified atom stereocenters. The molecule has 0 aliphatic carbocycles. The molecule has 0 radical (unpaired) electrons. The average molecular weight is 498 g/mol. The van der Waals surface area contributed by atoms with E-state index < -0.39 is 10.0 Å². The summed E-state index contributed by atoms with van der Waals surface area (Å²) in [5.74, 6) is 0.0544. The molecule has 8 nitrogen and oxygen atoms in total. The van der Waals surface area contributed by atoms with Gasteiger partial charge in [-0.05, 0) is 59.0 Å². The van der Waals surface area contributed by atoms with E-state index >= 15 is 0 Å². The molecule has 2 aromatic carbocycles. The van der Waals surface area contributed by atoms with E-state index in [0.717, 1.165) is 0 Å². The minimum Gasteiger partial charge on any atom is -0.495 e. The highest BCUT2D eigenvalue weighted by atomic mass is 127. The molecular weight excluding hydrogens is 483 g/mol. The molecule has 0 saturated heterocycles. The quantitative estimate of drug-likeness (QED) is 0.453. The zero-order chi connectivity index (χ0) is 19.4. The van der Waals surface area contributed by atoms with E-state index in [9.17, 15) is 13.2 Å². The Balaban J connectivity index is 1.76. The number of anilines is 2. The molecule has 10 heteroatoms. The smallest absolute Gasteiger partial charge is 0.274 e. The molecule has 140 valence electrons. The van der Waals surface area contributed by atoms with Crippen molar-refractivity contribution in [3.63, 3.8) is 0 Å². The second-order valence-corrected chi connectivity index (χ2v) is 8.22. The number of hydrogen-bond acceptors (Lipinski definition) is 5. The van der Waals surface area contributed by atoms with Gasteiger partial charge in [0.15, 0.2) is 0 Å². The number of hydrogen-bond donors (Lipinski definition) is 3. The van der Waals surface area contributed by atoms with E-state index in [1.807, 2.05) is 22.6 Å². The molecule has 1 heterocycles. The van der Waals surface area contributed by atoms with Gasteiger partial charge in [0.25, 0.3) is 15.9 Å². The van der Waals surface area contributed by atoms with Gasteiger partial charge in [-0.3, -0.25) is 14.6 Å². The lowest BCUT2D eigenvalue weighted by atomic mass is 10.3. The van der Waals surface area contributed by atoms with Gasteiger partial charge in [0.1, 0.15) is 11.4 Å². The van der Waals surface area contributed by atoms with Crippen LogP contribution in [0, 0.1) is 3.57 Å². The Bertz CT molecular complexity index is 1060. The van der Waals surface area contributed by atoms with Crippen molar-refractivity contribution in [2.45, 2.75) is 4.90 Å². The minimum atomic E-state index is -3.80. The Morgan fingerprint density at radius 2 is 1.85 bits per heavy atom. The summed E-state index contributed by atoms with van der Waals surface area (Å²) in [4.78, 5) is 12.2. The fraction of sp³-hybridized carbons (Fsp3) is 0.0588. The maximum Gasteiger partial charge on any atom is 0.274 e. The van der Waals surface area contributed by atoms with E-state index in [2.05, 4.69) is 20.2 Å². The Hall–Kier alpha value is -2.60. The monoisotopic (exact) mass is 498 g/mol. The summed E-state index contributed by atoms with van der Waals surface area (Å²) in [5, 5.41) is 9.09. The SMILES string of the molecule is COc1ccccc1NS(=O)(=O)c1ccc(NC(=O)c2[nH]ncc2I)cc1. The number of benzene rings is 2. The van der Waals surface area contributed by atoms with Gasteiger partial charge in [-0.2, -0.15) is 5.10 Å². The van der Waals surface area contributed by atoms with Gasteiger partial charge in [-0.1, -0.05) is 12.1 Å². The summed E-state index contributed by atoms with van der Waals surface area (Å²) in [7, 11) is -2.34. The molecule has 27 heavy (non-hydrogen) atoms. The number of halogens is 1. The van der Waals surface area contributed by atoms with Crippen LogP contribution in [0.2, 0.25) is 0 Å². The number of ether oxygens (including phenoxy) is 1. The van der Waals surface area contributed by atoms with Gasteiger partial charge < -0.3 is 10.1 Å². The van der Waals surface area contributed by atoms with E-state index in [1.54, 1.807) is 24.3 Å². The molecule has 1 aromatic heterocycles. The van der Waals surface area contributed by atoms with Crippen LogP contribution in [-0.2, 0) is 10.0 Å². The van der Waals surface area contributed by atoms with Crippen LogP contribution in [0.15, 0.2) is 59.6 Å². The van der Waals surface area contributed by atoms with E-state index in [0.29, 0.717) is 26.4 Å². The summed E-state index contributed by atoms with van der Waals surface area (Å²) in [6, 6.07) is 12.6. The van der Waals surface area contributed by atoms with Crippen LogP contribution in [0.5, 0.6) is 5.75 Å². The molecule has 3 aromatic rings. The summed E-state index contributed by atoms with van der Waals surface area (Å²) >= 11 is 1.99. The molecule has 0 saturated carbocycles. The number of aromatic nitrogens is 2. The first-order chi connectivity index (χ1) is 12.9. The van der Waals surface area contributed by atoms with Crippen molar-refractivity contribution in [1.82, 2.24) is 10.2 Å². The molecule has 0 aliphatic rings. The van der Waals surface area contributed by atoms with Crippen molar-refractivity contribution in [2.24, 2.45) is 0 Å². The van der Waals surface area contributed by atoms with Gasteiger partial charge in [-0.25, -0.2) is 8.42 Å². The Labute approximate surface area is 169 Å². The Morgan fingerprint density at radius 1 is 1.15 bits per heavy atom. The van der Waals surface area contributed by atoms with Gasteiger partial charge in [-0.15, -0.1) is 0 Å². The number of nitrogens with zero attached hydrogens (tertiary/aromatic N) is 1. The standard InChI is InChI=1S/C17H15IN4O4S/c1-26-15-5-3-2-4-14(15)22-27(24,25)12-8-6-11(7-9-12)20-17(23)16-13(18)10-19-21-16/h2-10,22H,1H3,(H,19,21)(H,20,23). The fourth-order valence-electron chi connectivity index (χ4n) is 2.27. The predicted molar refractivity (Wildman–Crippen MR) is 110 cm³/mol. The van der Waals surface area contributed by atoms with Crippen molar-refractivity contribution in [2.75, 3.05) is 17.1 Å². The van der Waals surface area contributed by atoms with Gasteiger partial charge in [0, 0.05) is 5.69 Å². The molecule has 1 amide bonds. The van der Waals surface area contributed by atoms with Crippen LogP contribution < -0.4 is 14.8 Å². The van der Waals surface area contributed by atoms with Crippen molar-refractivity contribution < 1.29 is 17.9 Å². The molecule has 3 N–H and O–H groups in total. The first kappa shape index (κ1) is 19.2. The number of methoxy groups -OCH3 is 1. The fourth-order valence-corrected chi connectivity index (χ4v) is 3.85. The van der Waals surface area contributed by atoms with Gasteiger partial charge in [0.2, 0.25) is 0 Å². The maximum atomic E-state index is 12.6. The largest absolute Gasteiger partial charge is 0.495 e. The van der Waals surface area contributed by atoms with Crippen LogP contribution in [0.4, 0.5) is 11.4 Å². The number of sulfonamides is 1. The zero-order valence-electron chi connectivity index (χ0n) is 14.1. The number of nitrogens with one attached hydrogen (secondary N) is 3. The van der Waals surface area contributed by atoms with Crippen molar-refractivity contribution in [1.29, 1.82) is 0 Å². The lowest BCUT2D eigenvalue weighted by molar-refractivity contribution is 0.102. The Morgan fingerprint density at radius 3 is 2.48 bits per heavy atom. The first-order valence-corrected chi connectivity index (χ1v) is 10.2. The van der Waals surface area contributed by atoms with Crippen molar-refractivity contribution in [3.05, 3.63) is 64.0 Å². The summed E-state index contributed by atoms with van der Waals surface area (Å²) in [6.07, 6.45) is 1.54. The molecule has 0 bridgehead atoms. The van der Waals surface area contributed by atoms with Crippen LogP contribution in [0.1, 0.15) is 10.5 Å². The van der Waals surface area contributed by atoms with E-state index in [-0.39, 0.29) is 10.8 Å². The highest BCUT2D eigenvalue weighted by Gasteiger charge is 2.17. The van der Waals surface area contributed by atoms with Crippen LogP contribution in [-0.4, -0.2) is 31.6 Å². The zero-order valence-corrected chi connectivity index (χ0v) is 17.0. The summed E-state index contributed by atoms with van der Waals surface area (Å²) in [6.45, 7) is 0. The van der Waals surface area contributed by atoms with Crippen LogP contribution in [0.25, 0.3) is 0 Å². The van der Waals surface area contributed by atoms with Crippen LogP contribution >= 0.6 is 22.6 Å². The minimum absolute atomic E-state index is 0.0579. The molecule has 0 aliphatic heterocycles. The number of H-pyrrole nitrogens is 1. The molecule has 0 spiro atoms. The lowest BCUT2D eigenvalue weighted by Gasteiger charge is -2.12. The van der Waals surface area contributed by atoms with Crippen LogP contribution in [0.3, 0.4) is 0 Å². The second-order valence-electron chi connectivity index (χ2n) is 5.38. The third-order valence-corrected chi connectivity index (χ3v) is 5.79. The lowest BCUT2D eigenvalue weighted by Crippen LogP contribution is -2.15. The van der Waals surface area contributed by atoms with Gasteiger partial charge in [0.05, 0.1) is 27.5 Å². The Kier molecular flexibility index (Phi) is 5.65. The second kappa shape index (κ2) is 7.96.